The van der Waals surface area contributed by atoms with Crippen LogP contribution in [0.4, 0.5) is 5.69 Å². The van der Waals surface area contributed by atoms with Gasteiger partial charge in [0.25, 0.3) is 0 Å². The highest BCUT2D eigenvalue weighted by Gasteiger charge is 2.10. The number of nitrogens with one attached hydrogen (secondary N) is 1. The van der Waals surface area contributed by atoms with Gasteiger partial charge in [-0.25, -0.2) is 0 Å². The molecule has 0 aliphatic heterocycles. The molecular formula is C15H20N4OS. The van der Waals surface area contributed by atoms with Crippen LogP contribution in [0.1, 0.15) is 12.6 Å². The van der Waals surface area contributed by atoms with E-state index in [4.69, 9.17) is 17.0 Å². The van der Waals surface area contributed by atoms with Crippen LogP contribution >= 0.6 is 12.2 Å². The summed E-state index contributed by atoms with van der Waals surface area (Å²) in [6.07, 6.45) is 1.78. The SMILES string of the molecule is CCOc1ccccc1NC(=S)N(C)Cc1ccnn1C. The van der Waals surface area contributed by atoms with Gasteiger partial charge in [-0.3, -0.25) is 4.68 Å². The van der Waals surface area contributed by atoms with Crippen LogP contribution < -0.4 is 10.1 Å². The molecule has 0 radical (unpaired) electrons. The van der Waals surface area contributed by atoms with Crippen LogP contribution in [0.3, 0.4) is 0 Å². The second-order valence-corrected chi connectivity index (χ2v) is 5.05. The molecule has 21 heavy (non-hydrogen) atoms. The van der Waals surface area contributed by atoms with E-state index < -0.39 is 0 Å². The summed E-state index contributed by atoms with van der Waals surface area (Å²) in [4.78, 5) is 1.97. The van der Waals surface area contributed by atoms with Crippen molar-refractivity contribution in [3.05, 3.63) is 42.2 Å². The molecule has 0 aliphatic rings. The Labute approximate surface area is 130 Å². The number of benzene rings is 1. The Morgan fingerprint density at radius 3 is 2.81 bits per heavy atom. The highest BCUT2D eigenvalue weighted by atomic mass is 32.1. The van der Waals surface area contributed by atoms with Crippen molar-refractivity contribution >= 4 is 23.0 Å². The lowest BCUT2D eigenvalue weighted by atomic mass is 10.3. The lowest BCUT2D eigenvalue weighted by molar-refractivity contribution is 0.342. The molecule has 5 nitrogen and oxygen atoms in total. The van der Waals surface area contributed by atoms with Crippen molar-refractivity contribution in [1.82, 2.24) is 14.7 Å². The largest absolute Gasteiger partial charge is 0.492 e. The fourth-order valence-electron chi connectivity index (χ4n) is 1.93. The number of ether oxygens (including phenoxy) is 1. The van der Waals surface area contributed by atoms with Gasteiger partial charge in [-0.2, -0.15) is 5.10 Å². The summed E-state index contributed by atoms with van der Waals surface area (Å²) in [6, 6.07) is 9.76. The Hall–Kier alpha value is -2.08. The van der Waals surface area contributed by atoms with Crippen LogP contribution in [0, 0.1) is 0 Å². The maximum atomic E-state index is 5.59. The molecule has 0 fully saturated rings. The first-order valence-corrected chi connectivity index (χ1v) is 7.23. The molecule has 0 unspecified atom stereocenters. The molecule has 0 saturated carbocycles. The van der Waals surface area contributed by atoms with Crippen molar-refractivity contribution in [3.8, 4) is 5.75 Å². The van der Waals surface area contributed by atoms with Gasteiger partial charge in [-0.1, -0.05) is 12.1 Å². The van der Waals surface area contributed by atoms with Crippen LogP contribution in [0.15, 0.2) is 36.5 Å². The van der Waals surface area contributed by atoms with Crippen LogP contribution in [0.25, 0.3) is 0 Å². The molecule has 6 heteroatoms. The predicted molar refractivity (Wildman–Crippen MR) is 88.5 cm³/mol. The Bertz CT molecular complexity index is 611. The van der Waals surface area contributed by atoms with E-state index in [2.05, 4.69) is 10.4 Å². The fraction of sp³-hybridized carbons (Fsp3) is 0.333. The summed E-state index contributed by atoms with van der Waals surface area (Å²) < 4.78 is 7.43. The van der Waals surface area contributed by atoms with Gasteiger partial charge in [0.2, 0.25) is 0 Å². The summed E-state index contributed by atoms with van der Waals surface area (Å²) in [5, 5.41) is 8.03. The topological polar surface area (TPSA) is 42.3 Å². The van der Waals surface area contributed by atoms with E-state index in [-0.39, 0.29) is 0 Å². The number of hydrogen-bond donors (Lipinski definition) is 1. The molecule has 1 aromatic heterocycles. The first kappa shape index (κ1) is 15.3. The minimum atomic E-state index is 0.621. The molecule has 1 N–H and O–H groups in total. The molecule has 0 bridgehead atoms. The second kappa shape index (κ2) is 7.08. The average molecular weight is 304 g/mol. The van der Waals surface area contributed by atoms with Gasteiger partial charge < -0.3 is 15.0 Å². The molecule has 0 spiro atoms. The van der Waals surface area contributed by atoms with Crippen LogP contribution in [0.5, 0.6) is 5.75 Å². The van der Waals surface area contributed by atoms with Gasteiger partial charge in [0.1, 0.15) is 5.75 Å². The molecule has 112 valence electrons. The number of para-hydroxylation sites is 2. The number of nitrogens with zero attached hydrogens (tertiary/aromatic N) is 3. The van der Waals surface area contributed by atoms with E-state index in [1.165, 1.54) is 0 Å². The third kappa shape index (κ3) is 3.95. The van der Waals surface area contributed by atoms with Crippen molar-refractivity contribution in [2.45, 2.75) is 13.5 Å². The average Bonchev–Trinajstić information content (AvgIpc) is 2.86. The minimum Gasteiger partial charge on any atom is -0.492 e. The molecule has 0 aliphatic carbocycles. The summed E-state index contributed by atoms with van der Waals surface area (Å²) >= 11 is 5.45. The lowest BCUT2D eigenvalue weighted by Gasteiger charge is -2.22. The highest BCUT2D eigenvalue weighted by molar-refractivity contribution is 7.80. The Morgan fingerprint density at radius 1 is 1.38 bits per heavy atom. The zero-order valence-corrected chi connectivity index (χ0v) is 13.4. The van der Waals surface area contributed by atoms with Gasteiger partial charge in [0.15, 0.2) is 5.11 Å². The van der Waals surface area contributed by atoms with Crippen LogP contribution in [-0.2, 0) is 13.6 Å². The van der Waals surface area contributed by atoms with Gasteiger partial charge >= 0.3 is 0 Å². The van der Waals surface area contributed by atoms with Crippen molar-refractivity contribution in [2.75, 3.05) is 19.0 Å². The maximum Gasteiger partial charge on any atom is 0.173 e. The van der Waals surface area contributed by atoms with E-state index >= 15 is 0 Å². The number of hydrogen-bond acceptors (Lipinski definition) is 3. The lowest BCUT2D eigenvalue weighted by Crippen LogP contribution is -2.31. The number of rotatable bonds is 5. The molecule has 0 atom stereocenters. The molecule has 2 aromatic rings. The Balaban J connectivity index is 2.02. The minimum absolute atomic E-state index is 0.621. The molecule has 1 heterocycles. The monoisotopic (exact) mass is 304 g/mol. The first-order valence-electron chi connectivity index (χ1n) is 6.82. The first-order chi connectivity index (χ1) is 10.1. The van der Waals surface area contributed by atoms with Gasteiger partial charge in [0.05, 0.1) is 24.5 Å². The Kier molecular flexibility index (Phi) is 5.16. The smallest absolute Gasteiger partial charge is 0.173 e. The zero-order valence-electron chi connectivity index (χ0n) is 12.5. The summed E-state index contributed by atoms with van der Waals surface area (Å²) in [7, 11) is 3.87. The third-order valence-corrected chi connectivity index (χ3v) is 3.51. The van der Waals surface area contributed by atoms with E-state index in [1.54, 1.807) is 6.20 Å². The quantitative estimate of drug-likeness (QED) is 0.860. The van der Waals surface area contributed by atoms with E-state index in [1.807, 2.05) is 60.9 Å². The fourth-order valence-corrected chi connectivity index (χ4v) is 2.11. The standard InChI is InChI=1S/C15H20N4OS/c1-4-20-14-8-6-5-7-13(14)17-15(21)18(2)11-12-9-10-16-19(12)3/h5-10H,4,11H2,1-3H3,(H,17,21). The molecule has 1 aromatic carbocycles. The van der Waals surface area contributed by atoms with Crippen LogP contribution in [0.2, 0.25) is 0 Å². The van der Waals surface area contributed by atoms with Crippen LogP contribution in [-0.4, -0.2) is 33.4 Å². The van der Waals surface area contributed by atoms with E-state index in [0.29, 0.717) is 18.3 Å². The number of aryl methyl sites for hydroxylation is 1. The maximum absolute atomic E-state index is 5.59. The number of aromatic nitrogens is 2. The van der Waals surface area contributed by atoms with E-state index in [0.717, 1.165) is 17.1 Å². The summed E-state index contributed by atoms with van der Waals surface area (Å²) in [5.74, 6) is 0.802. The second-order valence-electron chi connectivity index (χ2n) is 4.66. The van der Waals surface area contributed by atoms with Gasteiger partial charge in [-0.05, 0) is 37.3 Å². The third-order valence-electron chi connectivity index (χ3n) is 3.10. The molecule has 2 rings (SSSR count). The van der Waals surface area contributed by atoms with E-state index in [9.17, 15) is 0 Å². The number of anilines is 1. The normalized spacial score (nSPS) is 10.2. The van der Waals surface area contributed by atoms with Gasteiger partial charge in [0, 0.05) is 20.3 Å². The molecular weight excluding hydrogens is 284 g/mol. The van der Waals surface area contributed by atoms with Crippen molar-refractivity contribution < 1.29 is 4.74 Å². The Morgan fingerprint density at radius 2 is 2.14 bits per heavy atom. The van der Waals surface area contributed by atoms with Crippen molar-refractivity contribution in [1.29, 1.82) is 0 Å². The zero-order chi connectivity index (χ0) is 15.2. The summed E-state index contributed by atoms with van der Waals surface area (Å²) in [5.41, 5.74) is 1.97. The summed E-state index contributed by atoms with van der Waals surface area (Å²) in [6.45, 7) is 3.28. The molecule has 0 amide bonds. The highest BCUT2D eigenvalue weighted by Crippen LogP contribution is 2.24. The van der Waals surface area contributed by atoms with Crippen molar-refractivity contribution in [2.24, 2.45) is 7.05 Å². The predicted octanol–water partition coefficient (Wildman–Crippen LogP) is 2.65. The number of thiocarbonyl (C=S) groups is 1. The molecule has 0 saturated heterocycles. The van der Waals surface area contributed by atoms with Gasteiger partial charge in [-0.15, -0.1) is 0 Å². The van der Waals surface area contributed by atoms with Crippen molar-refractivity contribution in [3.63, 3.8) is 0 Å².